The van der Waals surface area contributed by atoms with Crippen LogP contribution >= 0.6 is 11.6 Å². The molecule has 0 atom stereocenters. The summed E-state index contributed by atoms with van der Waals surface area (Å²) in [7, 11) is 1.68. The molecule has 0 aliphatic heterocycles. The van der Waals surface area contributed by atoms with Crippen LogP contribution in [0.5, 0.6) is 0 Å². The van der Waals surface area contributed by atoms with Crippen molar-refractivity contribution in [1.29, 1.82) is 0 Å². The summed E-state index contributed by atoms with van der Waals surface area (Å²) >= 11 is 6.03. The maximum Gasteiger partial charge on any atom is 0.247 e. The van der Waals surface area contributed by atoms with E-state index >= 15 is 0 Å². The lowest BCUT2D eigenvalue weighted by molar-refractivity contribution is -0.116. The maximum atomic E-state index is 12.1. The van der Waals surface area contributed by atoms with Gasteiger partial charge in [-0.1, -0.05) is 17.7 Å². The number of nitrogens with zero attached hydrogens (tertiary/aromatic N) is 7. The molecule has 27 heavy (non-hydrogen) atoms. The molecule has 3 heterocycles. The van der Waals surface area contributed by atoms with Crippen LogP contribution in [-0.4, -0.2) is 40.5 Å². The van der Waals surface area contributed by atoms with Crippen LogP contribution in [-0.2, 0) is 18.4 Å². The highest BCUT2D eigenvalue weighted by atomic mass is 35.5. The molecule has 4 rings (SSSR count). The van der Waals surface area contributed by atoms with Gasteiger partial charge in [-0.15, -0.1) is 5.10 Å². The van der Waals surface area contributed by atoms with E-state index < -0.39 is 0 Å². The molecule has 0 radical (unpaired) electrons. The van der Waals surface area contributed by atoms with E-state index in [1.54, 1.807) is 28.8 Å². The van der Waals surface area contributed by atoms with Crippen LogP contribution in [0.4, 0.5) is 5.82 Å². The van der Waals surface area contributed by atoms with Crippen molar-refractivity contribution < 1.29 is 4.79 Å². The molecule has 1 amide bonds. The lowest BCUT2D eigenvalue weighted by Crippen LogP contribution is -2.19. The summed E-state index contributed by atoms with van der Waals surface area (Å²) in [6.07, 6.45) is 6.80. The topological polar surface area (TPSA) is 95.5 Å². The predicted octanol–water partition coefficient (Wildman–Crippen LogP) is 2.16. The summed E-state index contributed by atoms with van der Waals surface area (Å²) in [5.41, 5.74) is 2.41. The first-order valence-corrected chi connectivity index (χ1v) is 8.45. The van der Waals surface area contributed by atoms with E-state index in [0.717, 1.165) is 16.9 Å². The number of benzene rings is 1. The molecule has 4 aromatic rings. The average Bonchev–Trinajstić information content (AvgIpc) is 3.36. The smallest absolute Gasteiger partial charge is 0.247 e. The van der Waals surface area contributed by atoms with Crippen molar-refractivity contribution in [1.82, 2.24) is 34.6 Å². The number of hydrogen-bond donors (Lipinski definition) is 1. The van der Waals surface area contributed by atoms with E-state index in [-0.39, 0.29) is 12.5 Å². The molecule has 10 heteroatoms. The Bertz CT molecular complexity index is 1100. The molecule has 0 bridgehead atoms. The van der Waals surface area contributed by atoms with Gasteiger partial charge in [0.25, 0.3) is 0 Å². The van der Waals surface area contributed by atoms with E-state index in [1.165, 1.54) is 11.0 Å². The van der Waals surface area contributed by atoms with E-state index in [1.807, 2.05) is 36.5 Å². The SMILES string of the molecule is Cn1ncc(NC(=O)Cn2ccc(-c3cnn(-c4cccc(Cl)c4)c3)n2)n1. The van der Waals surface area contributed by atoms with Crippen molar-refractivity contribution in [3.8, 4) is 16.9 Å². The molecular weight excluding hydrogens is 368 g/mol. The van der Waals surface area contributed by atoms with E-state index in [4.69, 9.17) is 11.6 Å². The minimum atomic E-state index is -0.236. The Morgan fingerprint density at radius 3 is 2.85 bits per heavy atom. The minimum Gasteiger partial charge on any atom is -0.306 e. The number of nitrogens with one attached hydrogen (secondary N) is 1. The number of carbonyl (C=O) groups is 1. The fourth-order valence-corrected chi connectivity index (χ4v) is 2.74. The second-order valence-electron chi connectivity index (χ2n) is 5.82. The third-order valence-corrected chi connectivity index (χ3v) is 4.00. The third kappa shape index (κ3) is 3.87. The molecule has 3 aromatic heterocycles. The van der Waals surface area contributed by atoms with Gasteiger partial charge >= 0.3 is 0 Å². The first-order chi connectivity index (χ1) is 13.1. The molecular formula is C17H15ClN8O. The number of amides is 1. The van der Waals surface area contributed by atoms with Gasteiger partial charge in [0, 0.05) is 30.0 Å². The first-order valence-electron chi connectivity index (χ1n) is 8.07. The van der Waals surface area contributed by atoms with E-state index in [0.29, 0.717) is 10.8 Å². The molecule has 9 nitrogen and oxygen atoms in total. The van der Waals surface area contributed by atoms with Gasteiger partial charge in [0.2, 0.25) is 5.91 Å². The first kappa shape index (κ1) is 17.0. The van der Waals surface area contributed by atoms with Crippen molar-refractivity contribution >= 4 is 23.3 Å². The largest absolute Gasteiger partial charge is 0.306 e. The summed E-state index contributed by atoms with van der Waals surface area (Å²) < 4.78 is 3.28. The Balaban J connectivity index is 1.45. The monoisotopic (exact) mass is 382 g/mol. The van der Waals surface area contributed by atoms with Gasteiger partial charge in [-0.25, -0.2) is 4.68 Å². The lowest BCUT2D eigenvalue weighted by Gasteiger charge is -2.01. The second-order valence-corrected chi connectivity index (χ2v) is 6.26. The molecule has 0 unspecified atom stereocenters. The predicted molar refractivity (Wildman–Crippen MR) is 99.4 cm³/mol. The van der Waals surface area contributed by atoms with Crippen molar-refractivity contribution in [3.05, 3.63) is 60.1 Å². The number of anilines is 1. The Morgan fingerprint density at radius 2 is 2.07 bits per heavy atom. The van der Waals surface area contributed by atoms with Crippen LogP contribution in [0, 0.1) is 0 Å². The lowest BCUT2D eigenvalue weighted by atomic mass is 10.2. The fraction of sp³-hybridized carbons (Fsp3) is 0.118. The van der Waals surface area contributed by atoms with Crippen LogP contribution in [0.15, 0.2) is 55.1 Å². The minimum absolute atomic E-state index is 0.0685. The van der Waals surface area contributed by atoms with Crippen LogP contribution < -0.4 is 5.32 Å². The van der Waals surface area contributed by atoms with Crippen LogP contribution in [0.1, 0.15) is 0 Å². The van der Waals surface area contributed by atoms with Gasteiger partial charge in [-0.2, -0.15) is 20.1 Å². The van der Waals surface area contributed by atoms with Crippen molar-refractivity contribution in [3.63, 3.8) is 0 Å². The summed E-state index contributed by atoms with van der Waals surface area (Å²) in [6.45, 7) is 0.0685. The number of carbonyl (C=O) groups excluding carboxylic acids is 1. The maximum absolute atomic E-state index is 12.1. The number of rotatable bonds is 5. The molecule has 0 fully saturated rings. The summed E-state index contributed by atoms with van der Waals surface area (Å²) in [5.74, 6) is 0.164. The zero-order valence-electron chi connectivity index (χ0n) is 14.3. The van der Waals surface area contributed by atoms with Gasteiger partial charge in [0.05, 0.1) is 23.8 Å². The van der Waals surface area contributed by atoms with E-state index in [2.05, 4.69) is 25.7 Å². The Labute approximate surface area is 159 Å². The average molecular weight is 383 g/mol. The third-order valence-electron chi connectivity index (χ3n) is 3.76. The number of halogens is 1. The highest BCUT2D eigenvalue weighted by Crippen LogP contribution is 2.20. The number of aromatic nitrogens is 7. The van der Waals surface area contributed by atoms with Gasteiger partial charge in [-0.3, -0.25) is 9.48 Å². The van der Waals surface area contributed by atoms with Crippen LogP contribution in [0.25, 0.3) is 16.9 Å². The second kappa shape index (κ2) is 7.04. The van der Waals surface area contributed by atoms with Gasteiger partial charge < -0.3 is 5.32 Å². The normalized spacial score (nSPS) is 10.9. The van der Waals surface area contributed by atoms with Crippen LogP contribution in [0.2, 0.25) is 5.02 Å². The molecule has 0 aliphatic carbocycles. The quantitative estimate of drug-likeness (QED) is 0.570. The molecule has 0 aliphatic rings. The van der Waals surface area contributed by atoms with E-state index in [9.17, 15) is 4.79 Å². The summed E-state index contributed by atoms with van der Waals surface area (Å²) in [6, 6.07) is 9.24. The molecule has 0 saturated carbocycles. The highest BCUT2D eigenvalue weighted by Gasteiger charge is 2.10. The number of aryl methyl sites for hydroxylation is 1. The van der Waals surface area contributed by atoms with Crippen molar-refractivity contribution in [2.24, 2.45) is 7.05 Å². The fourth-order valence-electron chi connectivity index (χ4n) is 2.55. The Kier molecular flexibility index (Phi) is 4.43. The zero-order valence-corrected chi connectivity index (χ0v) is 15.1. The van der Waals surface area contributed by atoms with Gasteiger partial charge in [-0.05, 0) is 24.3 Å². The molecule has 1 N–H and O–H groups in total. The molecule has 1 aromatic carbocycles. The zero-order chi connectivity index (χ0) is 18.8. The standard InChI is InChI=1S/C17H15ClN8O/c1-24-19-9-16(23-24)21-17(27)11-25-6-5-15(22-25)12-8-20-26(10-12)14-4-2-3-13(18)7-14/h2-10H,11H2,1H3,(H,21,23,27). The van der Waals surface area contributed by atoms with Crippen molar-refractivity contribution in [2.45, 2.75) is 6.54 Å². The molecule has 0 saturated heterocycles. The Hall–Kier alpha value is -3.46. The molecule has 136 valence electrons. The van der Waals surface area contributed by atoms with Gasteiger partial charge in [0.1, 0.15) is 6.54 Å². The van der Waals surface area contributed by atoms with Gasteiger partial charge in [0.15, 0.2) is 5.82 Å². The highest BCUT2D eigenvalue weighted by molar-refractivity contribution is 6.30. The number of hydrogen-bond acceptors (Lipinski definition) is 5. The molecule has 0 spiro atoms. The van der Waals surface area contributed by atoms with Crippen LogP contribution in [0.3, 0.4) is 0 Å². The summed E-state index contributed by atoms with van der Waals surface area (Å²) in [4.78, 5) is 13.5. The van der Waals surface area contributed by atoms with Crippen molar-refractivity contribution in [2.75, 3.05) is 5.32 Å². The summed E-state index contributed by atoms with van der Waals surface area (Å²) in [5, 5.41) is 20.0. The Morgan fingerprint density at radius 1 is 1.19 bits per heavy atom.